The standard InChI is InChI=1S/C18H17ClN4O2S/c1-11(16(20)24)26-18-22-21-17(12-6-4-3-5-7-12)23(18)13-8-9-15(25-2)14(19)10-13/h3-11H,1-2H3,(H2,20,24)/t11-/m1/s1. The number of rotatable bonds is 6. The van der Waals surface area contributed by atoms with Crippen molar-refractivity contribution in [3.63, 3.8) is 0 Å². The van der Waals surface area contributed by atoms with Crippen molar-refractivity contribution in [2.24, 2.45) is 5.73 Å². The number of benzene rings is 2. The zero-order valence-electron chi connectivity index (χ0n) is 14.2. The Kier molecular flexibility index (Phi) is 5.49. The summed E-state index contributed by atoms with van der Waals surface area (Å²) in [5.41, 5.74) is 7.05. The third kappa shape index (κ3) is 3.68. The number of nitrogens with zero attached hydrogens (tertiary/aromatic N) is 3. The predicted octanol–water partition coefficient (Wildman–Crippen LogP) is 3.56. The summed E-state index contributed by atoms with van der Waals surface area (Å²) in [4.78, 5) is 11.5. The summed E-state index contributed by atoms with van der Waals surface area (Å²) in [6, 6.07) is 15.1. The van der Waals surface area contributed by atoms with Crippen molar-refractivity contribution in [1.82, 2.24) is 14.8 Å². The van der Waals surface area contributed by atoms with Crippen LogP contribution in [0, 0.1) is 0 Å². The summed E-state index contributed by atoms with van der Waals surface area (Å²) in [5.74, 6) is 0.800. The van der Waals surface area contributed by atoms with Gasteiger partial charge in [-0.25, -0.2) is 0 Å². The first kappa shape index (κ1) is 18.3. The maximum Gasteiger partial charge on any atom is 0.230 e. The van der Waals surface area contributed by atoms with Crippen LogP contribution in [0.2, 0.25) is 5.02 Å². The van der Waals surface area contributed by atoms with Gasteiger partial charge in [-0.05, 0) is 25.1 Å². The molecule has 1 atom stereocenters. The maximum absolute atomic E-state index is 11.5. The molecular formula is C18H17ClN4O2S. The number of methoxy groups -OCH3 is 1. The third-order valence-electron chi connectivity index (χ3n) is 3.74. The molecule has 0 saturated heterocycles. The fourth-order valence-corrected chi connectivity index (χ4v) is 3.43. The van der Waals surface area contributed by atoms with E-state index in [0.717, 1.165) is 11.3 Å². The van der Waals surface area contributed by atoms with Crippen LogP contribution in [0.25, 0.3) is 17.1 Å². The normalized spacial score (nSPS) is 12.0. The van der Waals surface area contributed by atoms with Gasteiger partial charge in [0.2, 0.25) is 5.91 Å². The van der Waals surface area contributed by atoms with Crippen LogP contribution in [0.15, 0.2) is 53.7 Å². The molecule has 1 heterocycles. The van der Waals surface area contributed by atoms with Gasteiger partial charge in [0.1, 0.15) is 5.75 Å². The van der Waals surface area contributed by atoms with Gasteiger partial charge in [-0.1, -0.05) is 53.7 Å². The smallest absolute Gasteiger partial charge is 0.230 e. The van der Waals surface area contributed by atoms with E-state index >= 15 is 0 Å². The molecule has 134 valence electrons. The number of carbonyl (C=O) groups is 1. The Labute approximate surface area is 160 Å². The van der Waals surface area contributed by atoms with E-state index in [-0.39, 0.29) is 0 Å². The number of primary amides is 1. The first-order chi connectivity index (χ1) is 12.5. The molecule has 0 aliphatic heterocycles. The number of carbonyl (C=O) groups excluding carboxylic acids is 1. The second kappa shape index (κ2) is 7.80. The van der Waals surface area contributed by atoms with E-state index in [0.29, 0.717) is 21.8 Å². The molecule has 0 saturated carbocycles. The SMILES string of the molecule is COc1ccc(-n2c(S[C@H](C)C(N)=O)nnc2-c2ccccc2)cc1Cl. The Bertz CT molecular complexity index is 930. The third-order valence-corrected chi connectivity index (χ3v) is 5.10. The summed E-state index contributed by atoms with van der Waals surface area (Å²) >= 11 is 7.54. The zero-order chi connectivity index (χ0) is 18.7. The van der Waals surface area contributed by atoms with Crippen LogP contribution < -0.4 is 10.5 Å². The molecule has 0 bridgehead atoms. The molecule has 3 rings (SSSR count). The summed E-state index contributed by atoms with van der Waals surface area (Å²) in [6.45, 7) is 1.73. The van der Waals surface area contributed by atoms with Crippen molar-refractivity contribution in [2.75, 3.05) is 7.11 Å². The van der Waals surface area contributed by atoms with E-state index in [1.54, 1.807) is 26.2 Å². The number of ether oxygens (including phenoxy) is 1. The largest absolute Gasteiger partial charge is 0.495 e. The Morgan fingerprint density at radius 1 is 1.23 bits per heavy atom. The Balaban J connectivity index is 2.14. The number of hydrogen-bond acceptors (Lipinski definition) is 5. The lowest BCUT2D eigenvalue weighted by atomic mass is 10.2. The van der Waals surface area contributed by atoms with Crippen molar-refractivity contribution in [3.05, 3.63) is 53.6 Å². The van der Waals surface area contributed by atoms with Crippen LogP contribution >= 0.6 is 23.4 Å². The second-order valence-corrected chi connectivity index (χ2v) is 7.20. The minimum absolute atomic E-state index is 0.418. The van der Waals surface area contributed by atoms with Crippen molar-refractivity contribution in [2.45, 2.75) is 17.3 Å². The summed E-state index contributed by atoms with van der Waals surface area (Å²) in [5, 5.41) is 9.14. The first-order valence-corrected chi connectivity index (χ1v) is 9.07. The van der Waals surface area contributed by atoms with E-state index in [2.05, 4.69) is 10.2 Å². The van der Waals surface area contributed by atoms with Crippen LogP contribution in [-0.2, 0) is 4.79 Å². The number of halogens is 1. The lowest BCUT2D eigenvalue weighted by Crippen LogP contribution is -2.23. The highest BCUT2D eigenvalue weighted by Gasteiger charge is 2.21. The maximum atomic E-state index is 11.5. The number of hydrogen-bond donors (Lipinski definition) is 1. The van der Waals surface area contributed by atoms with Crippen LogP contribution in [0.3, 0.4) is 0 Å². The summed E-state index contributed by atoms with van der Waals surface area (Å²) < 4.78 is 7.07. The van der Waals surface area contributed by atoms with Gasteiger partial charge in [-0.2, -0.15) is 0 Å². The number of amides is 1. The molecule has 0 aliphatic carbocycles. The summed E-state index contributed by atoms with van der Waals surface area (Å²) in [7, 11) is 1.56. The zero-order valence-corrected chi connectivity index (χ0v) is 15.8. The molecule has 26 heavy (non-hydrogen) atoms. The van der Waals surface area contributed by atoms with Crippen molar-refractivity contribution < 1.29 is 9.53 Å². The summed E-state index contributed by atoms with van der Waals surface area (Å²) in [6.07, 6.45) is 0. The Hall–Kier alpha value is -2.51. The number of aromatic nitrogens is 3. The number of thioether (sulfide) groups is 1. The van der Waals surface area contributed by atoms with Gasteiger partial charge in [0, 0.05) is 5.56 Å². The van der Waals surface area contributed by atoms with Crippen molar-refractivity contribution in [1.29, 1.82) is 0 Å². The minimum atomic E-state index is -0.449. The monoisotopic (exact) mass is 388 g/mol. The van der Waals surface area contributed by atoms with E-state index in [4.69, 9.17) is 22.1 Å². The molecule has 0 unspecified atom stereocenters. The lowest BCUT2D eigenvalue weighted by molar-refractivity contribution is -0.117. The van der Waals surface area contributed by atoms with Crippen molar-refractivity contribution in [3.8, 4) is 22.8 Å². The van der Waals surface area contributed by atoms with Gasteiger partial charge in [-0.15, -0.1) is 10.2 Å². The minimum Gasteiger partial charge on any atom is -0.495 e. The highest BCUT2D eigenvalue weighted by molar-refractivity contribution is 8.00. The van der Waals surface area contributed by atoms with E-state index in [9.17, 15) is 4.79 Å². The lowest BCUT2D eigenvalue weighted by Gasteiger charge is -2.13. The Morgan fingerprint density at radius 2 is 1.96 bits per heavy atom. The first-order valence-electron chi connectivity index (χ1n) is 7.82. The average molecular weight is 389 g/mol. The van der Waals surface area contributed by atoms with E-state index < -0.39 is 11.2 Å². The molecular weight excluding hydrogens is 372 g/mol. The molecule has 1 amide bonds. The van der Waals surface area contributed by atoms with E-state index in [1.165, 1.54) is 11.8 Å². The van der Waals surface area contributed by atoms with Crippen LogP contribution in [0.1, 0.15) is 6.92 Å². The van der Waals surface area contributed by atoms with Gasteiger partial charge < -0.3 is 10.5 Å². The van der Waals surface area contributed by atoms with Crippen LogP contribution in [-0.4, -0.2) is 33.0 Å². The quantitative estimate of drug-likeness (QED) is 0.653. The molecule has 8 heteroatoms. The second-order valence-electron chi connectivity index (χ2n) is 5.49. The highest BCUT2D eigenvalue weighted by Crippen LogP contribution is 2.33. The van der Waals surface area contributed by atoms with Gasteiger partial charge in [0.15, 0.2) is 11.0 Å². The molecule has 2 N–H and O–H groups in total. The van der Waals surface area contributed by atoms with E-state index in [1.807, 2.05) is 41.0 Å². The fraction of sp³-hybridized carbons (Fsp3) is 0.167. The average Bonchev–Trinajstić information content (AvgIpc) is 3.05. The van der Waals surface area contributed by atoms with Gasteiger partial charge in [0.05, 0.1) is 23.1 Å². The van der Waals surface area contributed by atoms with Gasteiger partial charge in [0.25, 0.3) is 0 Å². The van der Waals surface area contributed by atoms with Crippen LogP contribution in [0.4, 0.5) is 0 Å². The number of nitrogens with two attached hydrogens (primary N) is 1. The van der Waals surface area contributed by atoms with Gasteiger partial charge >= 0.3 is 0 Å². The predicted molar refractivity (Wildman–Crippen MR) is 103 cm³/mol. The van der Waals surface area contributed by atoms with Crippen molar-refractivity contribution >= 4 is 29.3 Å². The molecule has 0 fully saturated rings. The van der Waals surface area contributed by atoms with Gasteiger partial charge in [-0.3, -0.25) is 9.36 Å². The van der Waals surface area contributed by atoms with Crippen LogP contribution in [0.5, 0.6) is 5.75 Å². The highest BCUT2D eigenvalue weighted by atomic mass is 35.5. The molecule has 0 spiro atoms. The topological polar surface area (TPSA) is 83.0 Å². The molecule has 1 aromatic heterocycles. The molecule has 6 nitrogen and oxygen atoms in total. The Morgan fingerprint density at radius 3 is 2.58 bits per heavy atom. The molecule has 3 aromatic rings. The molecule has 0 aliphatic rings. The fourth-order valence-electron chi connectivity index (χ4n) is 2.36. The molecule has 2 aromatic carbocycles. The molecule has 0 radical (unpaired) electrons.